The summed E-state index contributed by atoms with van der Waals surface area (Å²) >= 11 is 6.16. The number of rotatable bonds is 11. The molecule has 3 aromatic carbocycles. The number of anilines is 1. The molecule has 0 fully saturated rings. The van der Waals surface area contributed by atoms with Crippen molar-refractivity contribution in [2.24, 2.45) is 11.7 Å². The number of nitrogens with one attached hydrogen (secondary N) is 1. The average Bonchev–Trinajstić information content (AvgIpc) is 3.03. The minimum absolute atomic E-state index is 0.0115. The molecule has 1 amide bonds. The van der Waals surface area contributed by atoms with E-state index in [1.165, 1.54) is 6.07 Å². The number of hydrogen-bond acceptors (Lipinski definition) is 7. The van der Waals surface area contributed by atoms with Crippen molar-refractivity contribution >= 4 is 23.3 Å². The second-order valence-electron chi connectivity index (χ2n) is 11.8. The summed E-state index contributed by atoms with van der Waals surface area (Å²) in [6.07, 6.45) is -0.294. The van der Waals surface area contributed by atoms with E-state index in [1.807, 2.05) is 61.6 Å². The monoisotopic (exact) mass is 650 g/mol. The van der Waals surface area contributed by atoms with Crippen LogP contribution in [0.25, 0.3) is 11.1 Å². The van der Waals surface area contributed by atoms with Gasteiger partial charge in [-0.1, -0.05) is 54.1 Å². The minimum atomic E-state index is -1.19. The van der Waals surface area contributed by atoms with Crippen LogP contribution in [0.5, 0.6) is 5.75 Å². The summed E-state index contributed by atoms with van der Waals surface area (Å²) in [4.78, 5) is 20.1. The number of aromatic nitrogens is 1. The van der Waals surface area contributed by atoms with E-state index in [1.54, 1.807) is 18.2 Å². The average molecular weight is 651 g/mol. The number of aliphatic hydroxyl groups excluding tert-OH is 2. The van der Waals surface area contributed by atoms with Gasteiger partial charge < -0.3 is 30.9 Å². The van der Waals surface area contributed by atoms with Crippen LogP contribution in [-0.2, 0) is 17.6 Å². The molecule has 4 aromatic rings. The summed E-state index contributed by atoms with van der Waals surface area (Å²) in [7, 11) is 3.86. The van der Waals surface area contributed by atoms with Gasteiger partial charge in [0.15, 0.2) is 0 Å². The first kappa shape index (κ1) is 33.3. The van der Waals surface area contributed by atoms with Crippen LogP contribution in [0.15, 0.2) is 79.0 Å². The summed E-state index contributed by atoms with van der Waals surface area (Å²) < 4.78 is 34.4. The van der Waals surface area contributed by atoms with Crippen molar-refractivity contribution < 1.29 is 28.5 Å². The Bertz CT molecular complexity index is 1660. The molecule has 242 valence electrons. The predicted octanol–water partition coefficient (Wildman–Crippen LogP) is 4.84. The SMILES string of the molecule is CN(C)c1ccc(-c2ccc(C[C@H](N)[C@@H](O)C[C@@H](Cc3ccccc3F)C(=O)N[C@H]3c4cc(F)cc(Cl)c4OC[C@H]3O)cc2)cn1. The number of fused-ring (bicyclic) bond motifs is 1. The summed E-state index contributed by atoms with van der Waals surface area (Å²) in [5.41, 5.74) is 9.75. The molecule has 0 saturated carbocycles. The van der Waals surface area contributed by atoms with E-state index < -0.39 is 47.8 Å². The lowest BCUT2D eigenvalue weighted by Gasteiger charge is -2.33. The molecule has 5 rings (SSSR count). The highest BCUT2D eigenvalue weighted by atomic mass is 35.5. The number of benzene rings is 3. The quantitative estimate of drug-likeness (QED) is 0.183. The number of amides is 1. The number of nitrogens with two attached hydrogens (primary N) is 1. The van der Waals surface area contributed by atoms with Crippen LogP contribution in [0.2, 0.25) is 5.02 Å². The Morgan fingerprint density at radius 3 is 2.48 bits per heavy atom. The molecule has 0 bridgehead atoms. The summed E-state index contributed by atoms with van der Waals surface area (Å²) in [6.45, 7) is -0.175. The van der Waals surface area contributed by atoms with E-state index in [0.29, 0.717) is 6.42 Å². The molecule has 1 aromatic heterocycles. The molecule has 2 heterocycles. The molecule has 11 heteroatoms. The molecular formula is C35H37ClF2N4O4. The molecule has 5 atom stereocenters. The number of aliphatic hydroxyl groups is 2. The van der Waals surface area contributed by atoms with Gasteiger partial charge in [-0.3, -0.25) is 4.79 Å². The van der Waals surface area contributed by atoms with Crippen LogP contribution in [0, 0.1) is 17.6 Å². The van der Waals surface area contributed by atoms with Crippen molar-refractivity contribution in [1.29, 1.82) is 0 Å². The highest BCUT2D eigenvalue weighted by molar-refractivity contribution is 6.32. The Hall–Kier alpha value is -4.09. The predicted molar refractivity (Wildman–Crippen MR) is 174 cm³/mol. The molecule has 46 heavy (non-hydrogen) atoms. The van der Waals surface area contributed by atoms with Crippen LogP contribution >= 0.6 is 11.6 Å². The smallest absolute Gasteiger partial charge is 0.224 e. The van der Waals surface area contributed by atoms with Gasteiger partial charge in [0.25, 0.3) is 0 Å². The molecule has 8 nitrogen and oxygen atoms in total. The van der Waals surface area contributed by atoms with Crippen LogP contribution in [0.1, 0.15) is 29.2 Å². The second-order valence-corrected chi connectivity index (χ2v) is 12.2. The van der Waals surface area contributed by atoms with Gasteiger partial charge in [-0.05, 0) is 66.3 Å². The Labute approximate surface area is 271 Å². The number of hydrogen-bond donors (Lipinski definition) is 4. The summed E-state index contributed by atoms with van der Waals surface area (Å²) in [5.74, 6) is -1.62. The lowest BCUT2D eigenvalue weighted by atomic mass is 9.88. The van der Waals surface area contributed by atoms with E-state index in [2.05, 4.69) is 10.3 Å². The van der Waals surface area contributed by atoms with E-state index in [9.17, 15) is 23.8 Å². The highest BCUT2D eigenvalue weighted by Gasteiger charge is 2.35. The molecule has 0 saturated heterocycles. The van der Waals surface area contributed by atoms with Crippen molar-refractivity contribution in [2.45, 2.75) is 43.6 Å². The van der Waals surface area contributed by atoms with Gasteiger partial charge in [-0.15, -0.1) is 0 Å². The molecule has 0 radical (unpaired) electrons. The third-order valence-corrected chi connectivity index (χ3v) is 8.51. The van der Waals surface area contributed by atoms with Gasteiger partial charge in [0.1, 0.15) is 35.9 Å². The second kappa shape index (κ2) is 14.6. The van der Waals surface area contributed by atoms with Crippen LogP contribution in [0.3, 0.4) is 0 Å². The largest absolute Gasteiger partial charge is 0.489 e. The molecule has 0 aliphatic carbocycles. The first-order valence-corrected chi connectivity index (χ1v) is 15.4. The van der Waals surface area contributed by atoms with Gasteiger partial charge in [0.05, 0.1) is 17.2 Å². The standard InChI is InChI=1S/C35H37ClF2N4O4/c1-42(2)32-12-11-23(18-40-32)21-9-7-20(8-10-21)13-29(39)30(43)15-24(14-22-5-3-4-6-28(22)38)35(45)41-33-26-16-25(37)17-27(36)34(26)46-19-31(33)44/h3-12,16-18,24,29-31,33,43-44H,13-15,19,39H2,1-2H3,(H,41,45)/t24-,29+,30+,31-,33+/m1/s1. The van der Waals surface area contributed by atoms with E-state index >= 15 is 0 Å². The Morgan fingerprint density at radius 2 is 1.80 bits per heavy atom. The van der Waals surface area contributed by atoms with Crippen molar-refractivity contribution in [3.8, 4) is 16.9 Å². The Balaban J connectivity index is 1.30. The topological polar surface area (TPSA) is 121 Å². The van der Waals surface area contributed by atoms with Crippen molar-refractivity contribution in [1.82, 2.24) is 10.3 Å². The van der Waals surface area contributed by atoms with Crippen LogP contribution in [0.4, 0.5) is 14.6 Å². The third-order valence-electron chi connectivity index (χ3n) is 8.23. The van der Waals surface area contributed by atoms with Crippen LogP contribution in [-0.4, -0.2) is 60.1 Å². The van der Waals surface area contributed by atoms with Crippen LogP contribution < -0.4 is 20.7 Å². The number of nitrogens with zero attached hydrogens (tertiary/aromatic N) is 2. The number of halogens is 3. The van der Waals surface area contributed by atoms with E-state index in [4.69, 9.17) is 22.1 Å². The van der Waals surface area contributed by atoms with Gasteiger partial charge in [-0.2, -0.15) is 0 Å². The number of ether oxygens (including phenoxy) is 1. The first-order valence-electron chi connectivity index (χ1n) is 15.0. The summed E-state index contributed by atoms with van der Waals surface area (Å²) in [5, 5.41) is 24.7. The Morgan fingerprint density at radius 1 is 1.09 bits per heavy atom. The molecule has 0 unspecified atom stereocenters. The molecule has 5 N–H and O–H groups in total. The zero-order valence-corrected chi connectivity index (χ0v) is 26.3. The number of carbonyl (C=O) groups excluding carboxylic acids is 1. The molecule has 1 aliphatic heterocycles. The lowest BCUT2D eigenvalue weighted by Crippen LogP contribution is -2.46. The summed E-state index contributed by atoms with van der Waals surface area (Å²) in [6, 6.07) is 18.3. The van der Waals surface area contributed by atoms with Crippen molar-refractivity contribution in [3.63, 3.8) is 0 Å². The first-order chi connectivity index (χ1) is 22.0. The molecule has 1 aliphatic rings. The van der Waals surface area contributed by atoms with E-state index in [0.717, 1.165) is 34.6 Å². The zero-order chi connectivity index (χ0) is 33.0. The maximum Gasteiger partial charge on any atom is 0.224 e. The zero-order valence-electron chi connectivity index (χ0n) is 25.5. The highest BCUT2D eigenvalue weighted by Crippen LogP contribution is 2.39. The fourth-order valence-corrected chi connectivity index (χ4v) is 5.89. The number of carbonyl (C=O) groups is 1. The Kier molecular flexibility index (Phi) is 10.5. The minimum Gasteiger partial charge on any atom is -0.489 e. The maximum absolute atomic E-state index is 14.7. The van der Waals surface area contributed by atoms with Gasteiger partial charge in [-0.25, -0.2) is 13.8 Å². The van der Waals surface area contributed by atoms with Crippen molar-refractivity contribution in [2.75, 3.05) is 25.6 Å². The number of pyridine rings is 1. The normalized spacial score (nSPS) is 17.7. The fourth-order valence-electron chi connectivity index (χ4n) is 5.62. The van der Waals surface area contributed by atoms with Gasteiger partial charge >= 0.3 is 0 Å². The molecular weight excluding hydrogens is 614 g/mol. The molecule has 0 spiro atoms. The van der Waals surface area contributed by atoms with E-state index in [-0.39, 0.29) is 41.3 Å². The van der Waals surface area contributed by atoms with Gasteiger partial charge in [0.2, 0.25) is 5.91 Å². The van der Waals surface area contributed by atoms with Gasteiger partial charge in [0, 0.05) is 43.4 Å². The van der Waals surface area contributed by atoms with Crippen molar-refractivity contribution in [3.05, 3.63) is 112 Å². The lowest BCUT2D eigenvalue weighted by molar-refractivity contribution is -0.128. The third kappa shape index (κ3) is 7.82. The maximum atomic E-state index is 14.7. The fraction of sp³-hybridized carbons (Fsp3) is 0.314.